The molecule has 2 amide bonds. The third kappa shape index (κ3) is 5.39. The molecule has 1 saturated carbocycles. The largest absolute Gasteiger partial charge is 0.484 e. The molecule has 1 aliphatic carbocycles. The smallest absolute Gasteiger partial charge is 0.276 e. The Morgan fingerprint density at radius 2 is 1.64 bits per heavy atom. The molecule has 5 heteroatoms. The van der Waals surface area contributed by atoms with Crippen LogP contribution in [0.25, 0.3) is 0 Å². The number of nitrogens with one attached hydrogen (secondary N) is 2. The van der Waals surface area contributed by atoms with Gasteiger partial charge in [0.2, 0.25) is 5.91 Å². The molecule has 120 valence electrons. The summed E-state index contributed by atoms with van der Waals surface area (Å²) in [5, 5.41) is 0. The molecule has 0 radical (unpaired) electrons. The van der Waals surface area contributed by atoms with Gasteiger partial charge in [-0.3, -0.25) is 20.4 Å². The fourth-order valence-corrected chi connectivity index (χ4v) is 2.87. The summed E-state index contributed by atoms with van der Waals surface area (Å²) in [6.45, 7) is 3.83. The number of benzene rings is 1. The van der Waals surface area contributed by atoms with E-state index in [0.29, 0.717) is 18.1 Å². The van der Waals surface area contributed by atoms with E-state index < -0.39 is 0 Å². The Morgan fingerprint density at radius 3 is 2.27 bits per heavy atom. The second-order valence-corrected chi connectivity index (χ2v) is 6.06. The van der Waals surface area contributed by atoms with Gasteiger partial charge in [0, 0.05) is 6.42 Å². The number of hydrogen-bond acceptors (Lipinski definition) is 3. The first-order chi connectivity index (χ1) is 10.5. The number of aryl methyl sites for hydroxylation is 2. The molecule has 0 unspecified atom stereocenters. The van der Waals surface area contributed by atoms with Crippen LogP contribution < -0.4 is 15.6 Å². The lowest BCUT2D eigenvalue weighted by atomic mass is 10.0. The summed E-state index contributed by atoms with van der Waals surface area (Å²) >= 11 is 0. The third-order valence-corrected chi connectivity index (χ3v) is 3.86. The lowest BCUT2D eigenvalue weighted by molar-refractivity contribution is -0.130. The molecule has 2 N–H and O–H groups in total. The summed E-state index contributed by atoms with van der Waals surface area (Å²) in [4.78, 5) is 23.4. The highest BCUT2D eigenvalue weighted by Gasteiger charge is 2.18. The Balaban J connectivity index is 1.67. The summed E-state index contributed by atoms with van der Waals surface area (Å²) in [5.74, 6) is 0.624. The van der Waals surface area contributed by atoms with Gasteiger partial charge in [0.15, 0.2) is 6.61 Å². The maximum atomic E-state index is 11.7. The monoisotopic (exact) mass is 304 g/mol. The number of rotatable bonds is 5. The molecule has 1 aliphatic rings. The minimum atomic E-state index is -0.362. The van der Waals surface area contributed by atoms with Gasteiger partial charge >= 0.3 is 0 Å². The maximum absolute atomic E-state index is 11.7. The van der Waals surface area contributed by atoms with Gasteiger partial charge in [-0.15, -0.1) is 0 Å². The Bertz CT molecular complexity index is 516. The predicted molar refractivity (Wildman–Crippen MR) is 84.3 cm³/mol. The summed E-state index contributed by atoms with van der Waals surface area (Å²) in [6, 6.07) is 5.79. The lowest BCUT2D eigenvalue weighted by Gasteiger charge is -2.11. The first kappa shape index (κ1) is 16.3. The molecule has 0 aliphatic heterocycles. The van der Waals surface area contributed by atoms with Gasteiger partial charge < -0.3 is 4.74 Å². The topological polar surface area (TPSA) is 67.4 Å². The molecular weight excluding hydrogens is 280 g/mol. The van der Waals surface area contributed by atoms with E-state index in [1.165, 1.54) is 12.8 Å². The van der Waals surface area contributed by atoms with Crippen molar-refractivity contribution in [2.24, 2.45) is 5.92 Å². The van der Waals surface area contributed by atoms with E-state index in [4.69, 9.17) is 4.74 Å². The van der Waals surface area contributed by atoms with E-state index in [2.05, 4.69) is 10.9 Å². The van der Waals surface area contributed by atoms with Crippen LogP contribution in [0.2, 0.25) is 0 Å². The average molecular weight is 304 g/mol. The van der Waals surface area contributed by atoms with Gasteiger partial charge in [-0.25, -0.2) is 0 Å². The van der Waals surface area contributed by atoms with Gasteiger partial charge in [-0.1, -0.05) is 18.9 Å². The van der Waals surface area contributed by atoms with Gasteiger partial charge in [-0.05, 0) is 55.9 Å². The van der Waals surface area contributed by atoms with Gasteiger partial charge in [0.05, 0.1) is 0 Å². The molecule has 0 saturated heterocycles. The van der Waals surface area contributed by atoms with E-state index in [-0.39, 0.29) is 18.4 Å². The van der Waals surface area contributed by atoms with Crippen LogP contribution in [-0.4, -0.2) is 18.4 Å². The summed E-state index contributed by atoms with van der Waals surface area (Å²) < 4.78 is 5.43. The normalized spacial score (nSPS) is 14.6. The summed E-state index contributed by atoms with van der Waals surface area (Å²) in [7, 11) is 0. The molecule has 1 fully saturated rings. The Hall–Kier alpha value is -2.04. The van der Waals surface area contributed by atoms with Crippen LogP contribution in [0.1, 0.15) is 43.2 Å². The van der Waals surface area contributed by atoms with E-state index in [9.17, 15) is 9.59 Å². The molecule has 0 aromatic heterocycles. The second kappa shape index (κ2) is 7.82. The molecule has 0 spiro atoms. The summed E-state index contributed by atoms with van der Waals surface area (Å²) in [5.41, 5.74) is 7.01. The van der Waals surface area contributed by atoms with Crippen molar-refractivity contribution in [1.29, 1.82) is 0 Å². The van der Waals surface area contributed by atoms with Crippen LogP contribution in [-0.2, 0) is 9.59 Å². The highest BCUT2D eigenvalue weighted by molar-refractivity contribution is 5.82. The van der Waals surface area contributed by atoms with Gasteiger partial charge in [0.25, 0.3) is 5.91 Å². The fourth-order valence-electron chi connectivity index (χ4n) is 2.87. The molecule has 1 aromatic rings. The maximum Gasteiger partial charge on any atom is 0.276 e. The Labute approximate surface area is 131 Å². The van der Waals surface area contributed by atoms with Crippen LogP contribution >= 0.6 is 0 Å². The van der Waals surface area contributed by atoms with E-state index in [0.717, 1.165) is 24.0 Å². The minimum absolute atomic E-state index is 0.118. The number of hydrogen-bond donors (Lipinski definition) is 2. The van der Waals surface area contributed by atoms with Crippen molar-refractivity contribution in [2.45, 2.75) is 46.0 Å². The highest BCUT2D eigenvalue weighted by atomic mass is 16.5. The number of ether oxygens (including phenoxy) is 1. The first-order valence-electron chi connectivity index (χ1n) is 7.81. The Kier molecular flexibility index (Phi) is 5.81. The molecule has 0 atom stereocenters. The van der Waals surface area contributed by atoms with Gasteiger partial charge in [0.1, 0.15) is 5.75 Å². The molecule has 2 rings (SSSR count). The van der Waals surface area contributed by atoms with Crippen LogP contribution in [0, 0.1) is 19.8 Å². The molecule has 1 aromatic carbocycles. The van der Waals surface area contributed by atoms with Crippen molar-refractivity contribution in [3.63, 3.8) is 0 Å². The number of amides is 2. The highest BCUT2D eigenvalue weighted by Crippen LogP contribution is 2.27. The van der Waals surface area contributed by atoms with Crippen molar-refractivity contribution in [3.05, 3.63) is 29.3 Å². The van der Waals surface area contributed by atoms with Crippen molar-refractivity contribution in [1.82, 2.24) is 10.9 Å². The van der Waals surface area contributed by atoms with Gasteiger partial charge in [-0.2, -0.15) is 0 Å². The zero-order valence-electron chi connectivity index (χ0n) is 13.3. The van der Waals surface area contributed by atoms with Crippen LogP contribution in [0.5, 0.6) is 5.75 Å². The van der Waals surface area contributed by atoms with Crippen LogP contribution in [0.4, 0.5) is 0 Å². The number of carbonyl (C=O) groups is 2. The van der Waals surface area contributed by atoms with Crippen molar-refractivity contribution < 1.29 is 14.3 Å². The molecular formula is C17H24N2O3. The van der Waals surface area contributed by atoms with E-state index in [1.54, 1.807) is 0 Å². The van der Waals surface area contributed by atoms with E-state index in [1.807, 2.05) is 32.0 Å². The first-order valence-corrected chi connectivity index (χ1v) is 7.81. The zero-order chi connectivity index (χ0) is 15.9. The molecule has 0 heterocycles. The van der Waals surface area contributed by atoms with Crippen LogP contribution in [0.3, 0.4) is 0 Å². The zero-order valence-corrected chi connectivity index (χ0v) is 13.3. The molecule has 5 nitrogen and oxygen atoms in total. The quantitative estimate of drug-likeness (QED) is 0.821. The lowest BCUT2D eigenvalue weighted by Crippen LogP contribution is -2.44. The van der Waals surface area contributed by atoms with Crippen molar-refractivity contribution >= 4 is 11.8 Å². The number of carbonyl (C=O) groups excluding carboxylic acids is 2. The molecule has 0 bridgehead atoms. The third-order valence-electron chi connectivity index (χ3n) is 3.86. The Morgan fingerprint density at radius 1 is 1.05 bits per heavy atom. The minimum Gasteiger partial charge on any atom is -0.484 e. The van der Waals surface area contributed by atoms with Crippen molar-refractivity contribution in [2.75, 3.05) is 6.61 Å². The summed E-state index contributed by atoms with van der Waals surface area (Å²) in [6.07, 6.45) is 5.11. The standard InChI is InChI=1S/C17H24N2O3/c1-12-7-13(2)9-15(8-12)22-11-17(21)19-18-16(20)10-14-5-3-4-6-14/h7-9,14H,3-6,10-11H2,1-2H3,(H,18,20)(H,19,21). The van der Waals surface area contributed by atoms with Crippen molar-refractivity contribution in [3.8, 4) is 5.75 Å². The molecule has 22 heavy (non-hydrogen) atoms. The van der Waals surface area contributed by atoms with E-state index >= 15 is 0 Å². The predicted octanol–water partition coefficient (Wildman–Crippen LogP) is 2.41. The fraction of sp³-hybridized carbons (Fsp3) is 0.529. The second-order valence-electron chi connectivity index (χ2n) is 6.06. The SMILES string of the molecule is Cc1cc(C)cc(OCC(=O)NNC(=O)CC2CCCC2)c1. The average Bonchev–Trinajstić information content (AvgIpc) is 2.95. The van der Waals surface area contributed by atoms with Crippen LogP contribution in [0.15, 0.2) is 18.2 Å². The number of hydrazine groups is 1.